The van der Waals surface area contributed by atoms with Gasteiger partial charge in [0, 0.05) is 12.2 Å². The quantitative estimate of drug-likeness (QED) is 0.340. The van der Waals surface area contributed by atoms with E-state index in [2.05, 4.69) is 20.1 Å². The van der Waals surface area contributed by atoms with Gasteiger partial charge in [0.2, 0.25) is 0 Å². The van der Waals surface area contributed by atoms with Gasteiger partial charge in [-0.2, -0.15) is 0 Å². The fraction of sp³-hybridized carbons (Fsp3) is 0.667. The van der Waals surface area contributed by atoms with Crippen LogP contribution in [0.5, 0.6) is 0 Å². The molecule has 0 saturated carbocycles. The zero-order valence-corrected chi connectivity index (χ0v) is 11.4. The molecule has 0 aliphatic carbocycles. The lowest BCUT2D eigenvalue weighted by Gasteiger charge is -2.37. The third-order valence-electron chi connectivity index (χ3n) is 2.76. The molecule has 0 bridgehead atoms. The van der Waals surface area contributed by atoms with E-state index >= 15 is 0 Å². The lowest BCUT2D eigenvalue weighted by molar-refractivity contribution is -0.917. The molecule has 17 heavy (non-hydrogen) atoms. The van der Waals surface area contributed by atoms with Gasteiger partial charge < -0.3 is 9.04 Å². The zero-order valence-electron chi connectivity index (χ0n) is 10.6. The molecule has 5 heteroatoms. The lowest BCUT2D eigenvalue weighted by Crippen LogP contribution is -2.49. The fourth-order valence-corrected chi connectivity index (χ4v) is 2.63. The average Bonchev–Trinajstić information content (AvgIpc) is 2.16. The second-order valence-corrected chi connectivity index (χ2v) is 5.87. The first kappa shape index (κ1) is 16.4. The molecule has 100 valence electrons. The normalized spacial score (nSPS) is 12.4. The topological polar surface area (TPSA) is 57.2 Å². The molecule has 0 unspecified atom stereocenters. The van der Waals surface area contributed by atoms with Gasteiger partial charge in [0.15, 0.2) is 0 Å². The third kappa shape index (κ3) is 7.31. The van der Waals surface area contributed by atoms with Crippen molar-refractivity contribution in [2.24, 2.45) is 0 Å². The van der Waals surface area contributed by atoms with Crippen LogP contribution in [0.1, 0.15) is 19.8 Å². The van der Waals surface area contributed by atoms with Gasteiger partial charge in [-0.1, -0.05) is 20.1 Å². The molecule has 0 aliphatic rings. The SMILES string of the molecule is C=CC[N+](CC=C)(CCC)CCCS(=O)(=O)[O-]. The Kier molecular flexibility index (Phi) is 7.34. The standard InChI is InChI=1S/C12H23NO3S/c1-4-8-13(9-5-2,10-6-3)11-7-12-17(14,15)16/h4-5H,1-2,6-12H2,3H3. The summed E-state index contributed by atoms with van der Waals surface area (Å²) in [6, 6.07) is 0. The smallest absolute Gasteiger partial charge is 0.0973 e. The Morgan fingerprint density at radius 2 is 1.71 bits per heavy atom. The van der Waals surface area contributed by atoms with E-state index in [9.17, 15) is 13.0 Å². The predicted molar refractivity (Wildman–Crippen MR) is 69.6 cm³/mol. The van der Waals surface area contributed by atoms with Crippen LogP contribution < -0.4 is 0 Å². The minimum Gasteiger partial charge on any atom is -0.748 e. The van der Waals surface area contributed by atoms with Crippen LogP contribution in [-0.2, 0) is 10.1 Å². The van der Waals surface area contributed by atoms with Crippen LogP contribution in [0.2, 0.25) is 0 Å². The molecule has 0 amide bonds. The van der Waals surface area contributed by atoms with E-state index in [-0.39, 0.29) is 5.75 Å². The van der Waals surface area contributed by atoms with Crippen LogP contribution in [0, 0.1) is 0 Å². The first-order valence-corrected chi connectivity index (χ1v) is 7.47. The molecule has 0 aromatic heterocycles. The van der Waals surface area contributed by atoms with E-state index < -0.39 is 10.1 Å². The Balaban J connectivity index is 4.53. The van der Waals surface area contributed by atoms with Gasteiger partial charge in [-0.25, -0.2) is 8.42 Å². The molecule has 0 aliphatic heterocycles. The summed E-state index contributed by atoms with van der Waals surface area (Å²) in [5, 5.41) is 0. The summed E-state index contributed by atoms with van der Waals surface area (Å²) in [5.41, 5.74) is 0. The molecule has 0 aromatic carbocycles. The summed E-state index contributed by atoms with van der Waals surface area (Å²) in [6.45, 7) is 12.7. The highest BCUT2D eigenvalue weighted by molar-refractivity contribution is 7.85. The van der Waals surface area contributed by atoms with Crippen molar-refractivity contribution in [1.29, 1.82) is 0 Å². The van der Waals surface area contributed by atoms with E-state index in [1.165, 1.54) is 0 Å². The van der Waals surface area contributed by atoms with Crippen molar-refractivity contribution in [3.05, 3.63) is 25.3 Å². The second kappa shape index (κ2) is 7.63. The van der Waals surface area contributed by atoms with Gasteiger partial charge in [0.1, 0.15) is 0 Å². The van der Waals surface area contributed by atoms with E-state index in [1.807, 2.05) is 12.2 Å². The van der Waals surface area contributed by atoms with Crippen LogP contribution in [0.3, 0.4) is 0 Å². The number of hydrogen-bond donors (Lipinski definition) is 0. The van der Waals surface area contributed by atoms with Gasteiger partial charge in [0.25, 0.3) is 0 Å². The van der Waals surface area contributed by atoms with Gasteiger partial charge in [-0.3, -0.25) is 0 Å². The molecule has 0 heterocycles. The van der Waals surface area contributed by atoms with E-state index in [1.54, 1.807) is 0 Å². The van der Waals surface area contributed by atoms with Crippen molar-refractivity contribution in [1.82, 2.24) is 0 Å². The molecule has 4 nitrogen and oxygen atoms in total. The second-order valence-electron chi connectivity index (χ2n) is 4.35. The molecule has 0 fully saturated rings. The summed E-state index contributed by atoms with van der Waals surface area (Å²) in [7, 11) is -4.10. The van der Waals surface area contributed by atoms with Crippen LogP contribution in [0.15, 0.2) is 25.3 Å². The van der Waals surface area contributed by atoms with Crippen LogP contribution >= 0.6 is 0 Å². The van der Waals surface area contributed by atoms with Crippen molar-refractivity contribution >= 4 is 10.1 Å². The van der Waals surface area contributed by atoms with Crippen molar-refractivity contribution in [2.45, 2.75) is 19.8 Å². The maximum atomic E-state index is 10.6. The molecular weight excluding hydrogens is 238 g/mol. The number of hydrogen-bond acceptors (Lipinski definition) is 3. The Bertz CT molecular complexity index is 326. The van der Waals surface area contributed by atoms with E-state index in [0.29, 0.717) is 13.0 Å². The monoisotopic (exact) mass is 261 g/mol. The van der Waals surface area contributed by atoms with Gasteiger partial charge in [0.05, 0.1) is 36.3 Å². The fourth-order valence-electron chi connectivity index (χ4n) is 2.15. The van der Waals surface area contributed by atoms with Crippen LogP contribution in [-0.4, -0.2) is 49.4 Å². The third-order valence-corrected chi connectivity index (χ3v) is 3.55. The van der Waals surface area contributed by atoms with Crippen molar-refractivity contribution in [3.8, 4) is 0 Å². The maximum Gasteiger partial charge on any atom is 0.0973 e. The Labute approximate surface area is 105 Å². The highest BCUT2D eigenvalue weighted by Crippen LogP contribution is 2.11. The molecule has 0 rings (SSSR count). The van der Waals surface area contributed by atoms with Crippen LogP contribution in [0.25, 0.3) is 0 Å². The number of nitrogens with zero attached hydrogens (tertiary/aromatic N) is 1. The zero-order chi connectivity index (χ0) is 13.4. The molecule has 0 radical (unpaired) electrons. The summed E-state index contributed by atoms with van der Waals surface area (Å²) in [4.78, 5) is 0. The lowest BCUT2D eigenvalue weighted by atomic mass is 10.2. The highest BCUT2D eigenvalue weighted by atomic mass is 32.2. The van der Waals surface area contributed by atoms with E-state index in [0.717, 1.165) is 30.5 Å². The summed E-state index contributed by atoms with van der Waals surface area (Å²) >= 11 is 0. The maximum absolute atomic E-state index is 10.6. The Morgan fingerprint density at radius 1 is 1.18 bits per heavy atom. The van der Waals surface area contributed by atoms with Gasteiger partial charge in [-0.15, -0.1) is 0 Å². The molecule has 0 atom stereocenters. The molecule has 0 N–H and O–H groups in total. The van der Waals surface area contributed by atoms with E-state index in [4.69, 9.17) is 0 Å². The van der Waals surface area contributed by atoms with Crippen molar-refractivity contribution in [2.75, 3.05) is 31.9 Å². The first-order valence-electron chi connectivity index (χ1n) is 5.89. The minimum atomic E-state index is -4.10. The number of quaternary nitrogens is 1. The van der Waals surface area contributed by atoms with Gasteiger partial charge >= 0.3 is 0 Å². The largest absolute Gasteiger partial charge is 0.748 e. The Morgan fingerprint density at radius 3 is 2.06 bits per heavy atom. The van der Waals surface area contributed by atoms with Gasteiger partial charge in [-0.05, 0) is 18.6 Å². The summed E-state index contributed by atoms with van der Waals surface area (Å²) in [5.74, 6) is -0.287. The molecule has 0 spiro atoms. The van der Waals surface area contributed by atoms with Crippen LogP contribution in [0.4, 0.5) is 0 Å². The van der Waals surface area contributed by atoms with Crippen molar-refractivity contribution in [3.63, 3.8) is 0 Å². The number of rotatable bonds is 10. The summed E-state index contributed by atoms with van der Waals surface area (Å²) < 4.78 is 32.5. The molecular formula is C12H23NO3S. The van der Waals surface area contributed by atoms with Crippen molar-refractivity contribution < 1.29 is 17.5 Å². The molecule has 0 aromatic rings. The molecule has 0 saturated heterocycles. The minimum absolute atomic E-state index is 0.287. The first-order chi connectivity index (χ1) is 7.89. The predicted octanol–water partition coefficient (Wildman–Crippen LogP) is 1.52. The summed E-state index contributed by atoms with van der Waals surface area (Å²) in [6.07, 6.45) is 5.08. The highest BCUT2D eigenvalue weighted by Gasteiger charge is 2.23. The Hall–Kier alpha value is -0.650. The average molecular weight is 261 g/mol.